The largest absolute Gasteiger partial charge is 0.370 e. The molecule has 8 nitrogen and oxygen atoms in total. The second-order valence-electron chi connectivity index (χ2n) is 10.6. The van der Waals surface area contributed by atoms with Crippen LogP contribution < -0.4 is 15.5 Å². The van der Waals surface area contributed by atoms with E-state index in [1.54, 1.807) is 6.20 Å². The molecule has 1 fully saturated rings. The van der Waals surface area contributed by atoms with Crippen molar-refractivity contribution >= 4 is 40.5 Å². The molecule has 0 unspecified atom stereocenters. The third-order valence-corrected chi connectivity index (χ3v) is 7.12. The van der Waals surface area contributed by atoms with Crippen molar-refractivity contribution < 1.29 is 14.4 Å². The monoisotopic (exact) mass is 497 g/mol. The molecule has 0 radical (unpaired) electrons. The number of allylic oxidation sites excluding steroid dienone is 2. The van der Waals surface area contributed by atoms with E-state index in [2.05, 4.69) is 25.5 Å². The zero-order valence-corrected chi connectivity index (χ0v) is 21.6. The highest BCUT2D eigenvalue weighted by Gasteiger charge is 2.43. The number of rotatable bonds is 4. The first-order valence-electron chi connectivity index (χ1n) is 12.6. The molecule has 5 rings (SSSR count). The molecule has 3 heterocycles. The Bertz CT molecular complexity index is 1390. The molecule has 2 amide bonds. The molecule has 2 aliphatic heterocycles. The van der Waals surface area contributed by atoms with E-state index >= 15 is 0 Å². The Morgan fingerprint density at radius 1 is 1.11 bits per heavy atom. The Morgan fingerprint density at radius 2 is 1.86 bits per heavy atom. The smallest absolute Gasteiger partial charge is 0.259 e. The third-order valence-electron chi connectivity index (χ3n) is 7.12. The predicted molar refractivity (Wildman–Crippen MR) is 144 cm³/mol. The summed E-state index contributed by atoms with van der Waals surface area (Å²) < 4.78 is 0. The zero-order chi connectivity index (χ0) is 26.3. The maximum Gasteiger partial charge on any atom is 0.259 e. The van der Waals surface area contributed by atoms with Crippen LogP contribution in [0.4, 0.5) is 17.2 Å². The van der Waals surface area contributed by atoms with E-state index in [1.165, 1.54) is 18.9 Å². The molecule has 0 atom stereocenters. The van der Waals surface area contributed by atoms with Gasteiger partial charge in [0.25, 0.3) is 5.91 Å². The summed E-state index contributed by atoms with van der Waals surface area (Å²) in [6, 6.07) is 9.49. The molecule has 1 saturated heterocycles. The van der Waals surface area contributed by atoms with Gasteiger partial charge in [-0.05, 0) is 56.5 Å². The predicted octanol–water partition coefficient (Wildman–Crippen LogP) is 4.32. The molecule has 1 aromatic carbocycles. The van der Waals surface area contributed by atoms with Crippen LogP contribution in [0.25, 0.3) is 0 Å². The number of aryl methyl sites for hydroxylation is 2. The van der Waals surface area contributed by atoms with Gasteiger partial charge in [0.05, 0.1) is 28.9 Å². The van der Waals surface area contributed by atoms with E-state index in [9.17, 15) is 14.4 Å². The fraction of sp³-hybridized carbons (Fsp3) is 0.345. The lowest BCUT2D eigenvalue weighted by Crippen LogP contribution is -2.45. The molecular weight excluding hydrogens is 466 g/mol. The molecule has 1 aromatic heterocycles. The minimum Gasteiger partial charge on any atom is -0.370 e. The summed E-state index contributed by atoms with van der Waals surface area (Å²) in [4.78, 5) is 51.0. The first-order valence-corrected chi connectivity index (χ1v) is 12.6. The highest BCUT2D eigenvalue weighted by molar-refractivity contribution is 6.37. The summed E-state index contributed by atoms with van der Waals surface area (Å²) in [5.41, 5.74) is 3.94. The Hall–Kier alpha value is -4.07. The van der Waals surface area contributed by atoms with Crippen molar-refractivity contribution in [2.24, 2.45) is 10.4 Å². The minimum atomic E-state index is -0.762. The molecule has 3 aliphatic rings. The third kappa shape index (κ3) is 4.83. The SMILES string of the molecule is Cc1ccc(NC(=O)C2=CC(=Nc3ccc(N4CCCC4)cn3)C3=C(C2=O)C(C)(C)CC(=O)N3)c(C)c1. The van der Waals surface area contributed by atoms with Crippen molar-refractivity contribution in [2.75, 3.05) is 23.3 Å². The van der Waals surface area contributed by atoms with Crippen LogP contribution in [0.1, 0.15) is 44.2 Å². The summed E-state index contributed by atoms with van der Waals surface area (Å²) in [6.07, 6.45) is 5.72. The number of aromatic nitrogens is 1. The number of hydrogen-bond donors (Lipinski definition) is 2. The molecule has 0 spiro atoms. The Balaban J connectivity index is 1.54. The average molecular weight is 498 g/mol. The van der Waals surface area contributed by atoms with Crippen LogP contribution in [0.5, 0.6) is 0 Å². The standard InChI is InChI=1S/C29H31N5O3/c1-17-7-9-21(18(2)13-17)32-28(37)20-14-22(26-25(27(20)36)29(3,4)15-24(35)33-26)31-23-10-8-19(16-30-23)34-11-5-6-12-34/h7-10,13-14,16H,5-6,11-12,15H2,1-4H3,(H,32,37)(H,33,35). The second-order valence-corrected chi connectivity index (χ2v) is 10.6. The molecule has 2 N–H and O–H groups in total. The topological polar surface area (TPSA) is 104 Å². The average Bonchev–Trinajstić information content (AvgIpc) is 3.37. The van der Waals surface area contributed by atoms with Crippen molar-refractivity contribution in [3.63, 3.8) is 0 Å². The maximum atomic E-state index is 13.6. The summed E-state index contributed by atoms with van der Waals surface area (Å²) >= 11 is 0. The van der Waals surface area contributed by atoms with Crippen LogP contribution in [-0.4, -0.2) is 41.4 Å². The van der Waals surface area contributed by atoms with Crippen LogP contribution >= 0.6 is 0 Å². The first-order chi connectivity index (χ1) is 17.6. The van der Waals surface area contributed by atoms with Gasteiger partial charge in [-0.3, -0.25) is 14.4 Å². The normalized spacial score (nSPS) is 20.1. The van der Waals surface area contributed by atoms with Gasteiger partial charge in [-0.2, -0.15) is 0 Å². The molecule has 37 heavy (non-hydrogen) atoms. The summed E-state index contributed by atoms with van der Waals surface area (Å²) in [6.45, 7) is 9.58. The minimum absolute atomic E-state index is 0.0182. The number of pyridine rings is 1. The van der Waals surface area contributed by atoms with Gasteiger partial charge < -0.3 is 15.5 Å². The molecule has 2 aromatic rings. The number of nitrogens with one attached hydrogen (secondary N) is 2. The summed E-state index contributed by atoms with van der Waals surface area (Å²) in [5, 5.41) is 5.71. The lowest BCUT2D eigenvalue weighted by molar-refractivity contribution is -0.123. The number of carbonyl (C=O) groups is 3. The molecular formula is C29H31N5O3. The number of ketones is 1. The molecule has 190 valence electrons. The van der Waals surface area contributed by atoms with Gasteiger partial charge in [-0.25, -0.2) is 9.98 Å². The van der Waals surface area contributed by atoms with Crippen molar-refractivity contribution in [2.45, 2.75) is 47.0 Å². The lowest BCUT2D eigenvalue weighted by atomic mass is 9.71. The molecule has 0 bridgehead atoms. The van der Waals surface area contributed by atoms with Crippen molar-refractivity contribution in [1.29, 1.82) is 0 Å². The zero-order valence-electron chi connectivity index (χ0n) is 21.6. The second kappa shape index (κ2) is 9.42. The number of carbonyl (C=O) groups excluding carboxylic acids is 3. The number of hydrogen-bond acceptors (Lipinski definition) is 6. The van der Waals surface area contributed by atoms with Crippen LogP contribution in [-0.2, 0) is 14.4 Å². The van der Waals surface area contributed by atoms with E-state index in [1.807, 2.05) is 58.0 Å². The van der Waals surface area contributed by atoms with Crippen LogP contribution in [0.3, 0.4) is 0 Å². The van der Waals surface area contributed by atoms with Crippen molar-refractivity contribution in [1.82, 2.24) is 10.3 Å². The Morgan fingerprint density at radius 3 is 2.54 bits per heavy atom. The maximum absolute atomic E-state index is 13.6. The van der Waals surface area contributed by atoms with Crippen LogP contribution in [0.15, 0.2) is 64.4 Å². The fourth-order valence-electron chi connectivity index (χ4n) is 5.23. The van der Waals surface area contributed by atoms with Gasteiger partial charge in [0.15, 0.2) is 11.6 Å². The molecule has 1 aliphatic carbocycles. The van der Waals surface area contributed by atoms with Gasteiger partial charge in [-0.15, -0.1) is 0 Å². The van der Waals surface area contributed by atoms with E-state index in [0.29, 0.717) is 28.5 Å². The number of aliphatic imine (C=N–C) groups is 1. The number of nitrogens with zero attached hydrogens (tertiary/aromatic N) is 3. The van der Waals surface area contributed by atoms with Gasteiger partial charge in [-0.1, -0.05) is 31.5 Å². The number of benzene rings is 1. The van der Waals surface area contributed by atoms with E-state index < -0.39 is 17.1 Å². The van der Waals surface area contributed by atoms with Crippen molar-refractivity contribution in [3.05, 3.63) is 70.6 Å². The van der Waals surface area contributed by atoms with E-state index in [0.717, 1.165) is 29.9 Å². The Kier molecular flexibility index (Phi) is 6.27. The van der Waals surface area contributed by atoms with Crippen LogP contribution in [0, 0.1) is 19.3 Å². The van der Waals surface area contributed by atoms with Gasteiger partial charge in [0, 0.05) is 36.2 Å². The summed E-state index contributed by atoms with van der Waals surface area (Å²) in [7, 11) is 0. The summed E-state index contributed by atoms with van der Waals surface area (Å²) in [5.74, 6) is -0.680. The van der Waals surface area contributed by atoms with Crippen LogP contribution in [0.2, 0.25) is 0 Å². The van der Waals surface area contributed by atoms with Gasteiger partial charge in [0.1, 0.15) is 0 Å². The Labute approximate surface area is 216 Å². The van der Waals surface area contributed by atoms with E-state index in [4.69, 9.17) is 0 Å². The number of amides is 2. The molecule has 8 heteroatoms. The highest BCUT2D eigenvalue weighted by Crippen LogP contribution is 2.40. The number of Topliss-reactive ketones (excluding diaryl/α,β-unsaturated/α-hetero) is 1. The van der Waals surface area contributed by atoms with E-state index in [-0.39, 0.29) is 17.9 Å². The lowest BCUT2D eigenvalue weighted by Gasteiger charge is -2.36. The first kappa shape index (κ1) is 24.6. The molecule has 0 saturated carbocycles. The van der Waals surface area contributed by atoms with Crippen molar-refractivity contribution in [3.8, 4) is 0 Å². The van der Waals surface area contributed by atoms with Gasteiger partial charge in [0.2, 0.25) is 5.91 Å². The quantitative estimate of drug-likeness (QED) is 0.484. The van der Waals surface area contributed by atoms with Gasteiger partial charge >= 0.3 is 0 Å². The number of anilines is 2. The fourth-order valence-corrected chi connectivity index (χ4v) is 5.23. The highest BCUT2D eigenvalue weighted by atomic mass is 16.2.